The maximum atomic E-state index is 12.9. The molecule has 0 saturated carbocycles. The Morgan fingerprint density at radius 3 is 2.58 bits per heavy atom. The minimum absolute atomic E-state index is 0.312. The van der Waals surface area contributed by atoms with E-state index in [9.17, 15) is 9.18 Å². The maximum absolute atomic E-state index is 12.9. The molecular formula is C15H11FN2O. The second-order valence-electron chi connectivity index (χ2n) is 4.28. The Balaban J connectivity index is 2.05. The fourth-order valence-electron chi connectivity index (χ4n) is 2.18. The summed E-state index contributed by atoms with van der Waals surface area (Å²) in [5.41, 5.74) is 2.51. The fraction of sp³-hybridized carbons (Fsp3) is 0.0667. The van der Waals surface area contributed by atoms with Gasteiger partial charge in [0.2, 0.25) is 0 Å². The topological polar surface area (TPSA) is 32.7 Å². The lowest BCUT2D eigenvalue weighted by Crippen LogP contribution is -2.28. The molecule has 1 unspecified atom stereocenters. The minimum atomic E-state index is -0.480. The number of carbonyl (C=O) groups excluding carboxylic acids is 1. The monoisotopic (exact) mass is 254 g/mol. The second-order valence-corrected chi connectivity index (χ2v) is 4.28. The van der Waals surface area contributed by atoms with Gasteiger partial charge in [0.05, 0.1) is 11.9 Å². The van der Waals surface area contributed by atoms with Gasteiger partial charge < -0.3 is 4.79 Å². The van der Waals surface area contributed by atoms with Crippen molar-refractivity contribution in [3.05, 3.63) is 65.5 Å². The van der Waals surface area contributed by atoms with Gasteiger partial charge in [0.1, 0.15) is 18.1 Å². The van der Waals surface area contributed by atoms with Crippen LogP contribution in [0.5, 0.6) is 0 Å². The highest BCUT2D eigenvalue weighted by Gasteiger charge is 2.25. The van der Waals surface area contributed by atoms with Crippen LogP contribution in [0, 0.1) is 5.82 Å². The number of rotatable bonds is 2. The highest BCUT2D eigenvalue weighted by Crippen LogP contribution is 2.30. The van der Waals surface area contributed by atoms with Crippen molar-refractivity contribution < 1.29 is 9.18 Å². The van der Waals surface area contributed by atoms with Gasteiger partial charge in [0, 0.05) is 5.56 Å². The number of hydrogen-bond acceptors (Lipinski definition) is 3. The molecule has 0 aliphatic carbocycles. The Bertz CT molecular complexity index is 637. The summed E-state index contributed by atoms with van der Waals surface area (Å²) in [7, 11) is 0. The van der Waals surface area contributed by atoms with Crippen molar-refractivity contribution in [1.82, 2.24) is 0 Å². The van der Waals surface area contributed by atoms with E-state index < -0.39 is 6.04 Å². The van der Waals surface area contributed by atoms with Gasteiger partial charge in [-0.15, -0.1) is 0 Å². The van der Waals surface area contributed by atoms with E-state index in [1.54, 1.807) is 23.4 Å². The van der Waals surface area contributed by atoms with Crippen LogP contribution in [0.2, 0.25) is 0 Å². The number of hydrazone groups is 1. The summed E-state index contributed by atoms with van der Waals surface area (Å²) in [5.74, 6) is -0.312. The predicted octanol–water partition coefficient (Wildman–Crippen LogP) is 2.92. The van der Waals surface area contributed by atoms with Gasteiger partial charge in [-0.3, -0.25) is 5.01 Å². The molecule has 19 heavy (non-hydrogen) atoms. The molecule has 0 aromatic heterocycles. The van der Waals surface area contributed by atoms with Crippen LogP contribution in [0.1, 0.15) is 17.2 Å². The molecule has 1 heterocycles. The number of carbonyl (C=O) groups is 1. The number of anilines is 1. The Kier molecular flexibility index (Phi) is 2.83. The van der Waals surface area contributed by atoms with Crippen LogP contribution in [0.3, 0.4) is 0 Å². The molecule has 2 aromatic rings. The summed E-state index contributed by atoms with van der Waals surface area (Å²) >= 11 is 0. The maximum Gasteiger partial charge on any atom is 0.149 e. The van der Waals surface area contributed by atoms with Crippen LogP contribution in [-0.2, 0) is 4.79 Å². The molecule has 0 amide bonds. The van der Waals surface area contributed by atoms with Crippen molar-refractivity contribution >= 4 is 18.2 Å². The molecule has 3 rings (SSSR count). The summed E-state index contributed by atoms with van der Waals surface area (Å²) in [6.07, 6.45) is 2.55. The minimum Gasteiger partial charge on any atom is -0.301 e. The molecule has 1 aliphatic heterocycles. The number of benzene rings is 2. The van der Waals surface area contributed by atoms with Crippen molar-refractivity contribution in [3.63, 3.8) is 0 Å². The average molecular weight is 254 g/mol. The Morgan fingerprint density at radius 2 is 1.84 bits per heavy atom. The van der Waals surface area contributed by atoms with Gasteiger partial charge in [-0.05, 0) is 29.8 Å². The quantitative estimate of drug-likeness (QED) is 0.772. The number of aldehydes is 1. The van der Waals surface area contributed by atoms with Gasteiger partial charge >= 0.3 is 0 Å². The van der Waals surface area contributed by atoms with Crippen LogP contribution in [0.15, 0.2) is 53.6 Å². The van der Waals surface area contributed by atoms with Crippen molar-refractivity contribution in [2.24, 2.45) is 5.10 Å². The highest BCUT2D eigenvalue weighted by atomic mass is 19.1. The second kappa shape index (κ2) is 4.65. The van der Waals surface area contributed by atoms with Gasteiger partial charge in [0.15, 0.2) is 0 Å². The molecule has 1 aliphatic rings. The van der Waals surface area contributed by atoms with E-state index in [1.807, 2.05) is 24.3 Å². The first-order chi connectivity index (χ1) is 9.29. The first-order valence-corrected chi connectivity index (χ1v) is 5.92. The summed E-state index contributed by atoms with van der Waals surface area (Å²) in [4.78, 5) is 11.4. The number of hydrogen-bond donors (Lipinski definition) is 0. The lowest BCUT2D eigenvalue weighted by molar-refractivity contribution is -0.109. The molecule has 0 N–H and O–H groups in total. The summed E-state index contributed by atoms with van der Waals surface area (Å²) in [6.45, 7) is 0. The predicted molar refractivity (Wildman–Crippen MR) is 71.7 cm³/mol. The SMILES string of the molecule is O=CC1c2ccccc2C=NN1c1ccc(F)cc1. The van der Waals surface area contributed by atoms with E-state index in [4.69, 9.17) is 0 Å². The van der Waals surface area contributed by atoms with Gasteiger partial charge in [0.25, 0.3) is 0 Å². The normalized spacial score (nSPS) is 17.1. The van der Waals surface area contributed by atoms with Crippen molar-refractivity contribution in [1.29, 1.82) is 0 Å². The smallest absolute Gasteiger partial charge is 0.149 e. The van der Waals surface area contributed by atoms with Crippen molar-refractivity contribution in [2.75, 3.05) is 5.01 Å². The molecule has 1 atom stereocenters. The standard InChI is InChI=1S/C15H11FN2O/c16-12-5-7-13(8-6-12)18-15(10-19)14-4-2-1-3-11(14)9-17-18/h1-10,15H. The first-order valence-electron chi connectivity index (χ1n) is 5.92. The lowest BCUT2D eigenvalue weighted by atomic mass is 10.00. The van der Waals surface area contributed by atoms with Crippen LogP contribution >= 0.6 is 0 Å². The highest BCUT2D eigenvalue weighted by molar-refractivity contribution is 5.88. The Morgan fingerprint density at radius 1 is 1.11 bits per heavy atom. The Labute approximate surface area is 110 Å². The third-order valence-corrected chi connectivity index (χ3v) is 3.12. The summed E-state index contributed by atoms with van der Waals surface area (Å²) < 4.78 is 12.9. The molecule has 0 radical (unpaired) electrons. The Hall–Kier alpha value is -2.49. The van der Waals surface area contributed by atoms with E-state index in [2.05, 4.69) is 5.10 Å². The largest absolute Gasteiger partial charge is 0.301 e. The van der Waals surface area contributed by atoms with E-state index in [-0.39, 0.29) is 5.82 Å². The third-order valence-electron chi connectivity index (χ3n) is 3.12. The zero-order valence-electron chi connectivity index (χ0n) is 10.0. The van der Waals surface area contributed by atoms with Gasteiger partial charge in [-0.2, -0.15) is 5.10 Å². The molecule has 94 valence electrons. The fourth-order valence-corrected chi connectivity index (χ4v) is 2.18. The van der Waals surface area contributed by atoms with Crippen LogP contribution in [-0.4, -0.2) is 12.5 Å². The molecule has 0 saturated heterocycles. The zero-order chi connectivity index (χ0) is 13.2. The average Bonchev–Trinajstić information content (AvgIpc) is 2.47. The molecule has 3 nitrogen and oxygen atoms in total. The van der Waals surface area contributed by atoms with Crippen LogP contribution in [0.25, 0.3) is 0 Å². The molecule has 0 fully saturated rings. The molecular weight excluding hydrogens is 243 g/mol. The summed E-state index contributed by atoms with van der Waals surface area (Å²) in [6, 6.07) is 13.0. The summed E-state index contributed by atoms with van der Waals surface area (Å²) in [5, 5.41) is 5.87. The molecule has 0 bridgehead atoms. The van der Waals surface area contributed by atoms with Crippen LogP contribution in [0.4, 0.5) is 10.1 Å². The van der Waals surface area contributed by atoms with Crippen molar-refractivity contribution in [3.8, 4) is 0 Å². The lowest BCUT2D eigenvalue weighted by Gasteiger charge is -2.29. The molecule has 0 spiro atoms. The molecule has 4 heteroatoms. The number of halogens is 1. The van der Waals surface area contributed by atoms with Gasteiger partial charge in [-0.25, -0.2) is 4.39 Å². The van der Waals surface area contributed by atoms with Crippen molar-refractivity contribution in [2.45, 2.75) is 6.04 Å². The first kappa shape index (κ1) is 11.6. The van der Waals surface area contributed by atoms with Crippen LogP contribution < -0.4 is 5.01 Å². The zero-order valence-corrected chi connectivity index (χ0v) is 10.0. The van der Waals surface area contributed by atoms with E-state index >= 15 is 0 Å². The number of nitrogens with zero attached hydrogens (tertiary/aromatic N) is 2. The molecule has 2 aromatic carbocycles. The van der Waals surface area contributed by atoms with E-state index in [1.165, 1.54) is 12.1 Å². The van der Waals surface area contributed by atoms with Gasteiger partial charge in [-0.1, -0.05) is 24.3 Å². The van der Waals surface area contributed by atoms with E-state index in [0.717, 1.165) is 17.4 Å². The number of fused-ring (bicyclic) bond motifs is 1. The van der Waals surface area contributed by atoms with E-state index in [0.29, 0.717) is 5.69 Å². The third kappa shape index (κ3) is 2.01.